The van der Waals surface area contributed by atoms with Gasteiger partial charge < -0.3 is 10.2 Å². The maximum atomic E-state index is 13.4. The zero-order chi connectivity index (χ0) is 18.5. The number of aromatic nitrogens is 2. The molecule has 0 radical (unpaired) electrons. The highest BCUT2D eigenvalue weighted by atomic mass is 32.2. The minimum absolute atomic E-state index is 0.124. The van der Waals surface area contributed by atoms with Crippen LogP contribution in [0.1, 0.15) is 0 Å². The fourth-order valence-corrected chi connectivity index (χ4v) is 3.16. The molecule has 0 aliphatic carbocycles. The number of nitrogens with one attached hydrogen (secondary N) is 1. The average Bonchev–Trinajstić information content (AvgIpc) is 3.09. The summed E-state index contributed by atoms with van der Waals surface area (Å²) in [4.78, 5) is 18.4. The van der Waals surface area contributed by atoms with Crippen LogP contribution >= 0.6 is 11.8 Å². The molecule has 26 heavy (non-hydrogen) atoms. The molecule has 1 aromatic heterocycles. The Kier molecular flexibility index (Phi) is 5.58. The Hall–Kier alpha value is -2.80. The van der Waals surface area contributed by atoms with Crippen molar-refractivity contribution in [1.82, 2.24) is 9.55 Å². The summed E-state index contributed by atoms with van der Waals surface area (Å²) in [6, 6.07) is 13.9. The predicted molar refractivity (Wildman–Crippen MR) is 104 cm³/mol. The minimum atomic E-state index is -0.314. The van der Waals surface area contributed by atoms with Gasteiger partial charge in [-0.3, -0.25) is 9.36 Å². The number of carbonyl (C=O) groups is 1. The average molecular weight is 370 g/mol. The van der Waals surface area contributed by atoms with Gasteiger partial charge in [-0.15, -0.1) is 0 Å². The molecular weight excluding hydrogens is 351 g/mol. The van der Waals surface area contributed by atoms with E-state index in [4.69, 9.17) is 0 Å². The van der Waals surface area contributed by atoms with Gasteiger partial charge in [0.05, 0.1) is 11.4 Å². The van der Waals surface area contributed by atoms with E-state index in [0.29, 0.717) is 10.8 Å². The number of carbonyl (C=O) groups excluding carboxylic acids is 1. The molecule has 5 nitrogen and oxygen atoms in total. The van der Waals surface area contributed by atoms with E-state index < -0.39 is 0 Å². The third-order valence-corrected chi connectivity index (χ3v) is 4.66. The van der Waals surface area contributed by atoms with E-state index in [1.54, 1.807) is 29.1 Å². The van der Waals surface area contributed by atoms with Gasteiger partial charge in [-0.25, -0.2) is 9.37 Å². The van der Waals surface area contributed by atoms with E-state index >= 15 is 0 Å². The van der Waals surface area contributed by atoms with Crippen molar-refractivity contribution in [2.75, 3.05) is 30.1 Å². The second-order valence-electron chi connectivity index (χ2n) is 5.84. The number of halogens is 1. The highest BCUT2D eigenvalue weighted by molar-refractivity contribution is 7.99. The van der Waals surface area contributed by atoms with Crippen molar-refractivity contribution in [1.29, 1.82) is 0 Å². The van der Waals surface area contributed by atoms with Gasteiger partial charge in [-0.1, -0.05) is 17.8 Å². The molecule has 3 rings (SSSR count). The van der Waals surface area contributed by atoms with Crippen molar-refractivity contribution in [3.8, 4) is 5.69 Å². The summed E-state index contributed by atoms with van der Waals surface area (Å²) in [5, 5.41) is 3.50. The van der Waals surface area contributed by atoms with Crippen LogP contribution in [0.25, 0.3) is 5.69 Å². The molecule has 0 aliphatic rings. The third-order valence-electron chi connectivity index (χ3n) is 3.69. The molecule has 0 saturated heterocycles. The van der Waals surface area contributed by atoms with Gasteiger partial charge in [0.25, 0.3) is 0 Å². The molecule has 0 atom stereocenters. The fourth-order valence-electron chi connectivity index (χ4n) is 2.39. The number of benzene rings is 2. The maximum Gasteiger partial charge on any atom is 0.234 e. The summed E-state index contributed by atoms with van der Waals surface area (Å²) in [6.45, 7) is 0. The first kappa shape index (κ1) is 18.0. The summed E-state index contributed by atoms with van der Waals surface area (Å²) in [5.74, 6) is -0.227. The van der Waals surface area contributed by atoms with Crippen LogP contribution in [-0.4, -0.2) is 35.3 Å². The molecule has 1 amide bonds. The summed E-state index contributed by atoms with van der Waals surface area (Å²) in [7, 11) is 3.93. The topological polar surface area (TPSA) is 50.2 Å². The predicted octanol–water partition coefficient (Wildman–Crippen LogP) is 3.81. The zero-order valence-electron chi connectivity index (χ0n) is 14.5. The van der Waals surface area contributed by atoms with Crippen LogP contribution in [0.5, 0.6) is 0 Å². The molecule has 0 fully saturated rings. The van der Waals surface area contributed by atoms with Gasteiger partial charge in [-0.2, -0.15) is 0 Å². The minimum Gasteiger partial charge on any atom is -0.378 e. The smallest absolute Gasteiger partial charge is 0.234 e. The first-order chi connectivity index (χ1) is 12.5. The third kappa shape index (κ3) is 4.43. The van der Waals surface area contributed by atoms with Gasteiger partial charge >= 0.3 is 0 Å². The standard InChI is InChI=1S/C19H19FN4OS/c1-23(2)16-8-6-15(7-9-16)22-18(25)13-26-19-21-10-11-24(19)17-5-3-4-14(20)12-17/h3-12H,13H2,1-2H3,(H,22,25). The van der Waals surface area contributed by atoms with Crippen LogP contribution < -0.4 is 10.2 Å². The molecule has 3 aromatic rings. The molecule has 0 bridgehead atoms. The highest BCUT2D eigenvalue weighted by Gasteiger charge is 2.10. The Balaban J connectivity index is 1.61. The molecule has 0 spiro atoms. The van der Waals surface area contributed by atoms with Crippen LogP contribution in [0.2, 0.25) is 0 Å². The Labute approximate surface area is 155 Å². The lowest BCUT2D eigenvalue weighted by atomic mass is 10.2. The maximum absolute atomic E-state index is 13.4. The van der Waals surface area contributed by atoms with Gasteiger partial charge in [0.2, 0.25) is 5.91 Å². The van der Waals surface area contributed by atoms with Gasteiger partial charge in [0.15, 0.2) is 5.16 Å². The van der Waals surface area contributed by atoms with E-state index in [1.165, 1.54) is 23.9 Å². The SMILES string of the molecule is CN(C)c1ccc(NC(=O)CSc2nccn2-c2cccc(F)c2)cc1. The lowest BCUT2D eigenvalue weighted by molar-refractivity contribution is -0.113. The van der Waals surface area contributed by atoms with E-state index in [-0.39, 0.29) is 17.5 Å². The normalized spacial score (nSPS) is 10.6. The Morgan fingerprint density at radius 1 is 1.23 bits per heavy atom. The second-order valence-corrected chi connectivity index (χ2v) is 6.78. The van der Waals surface area contributed by atoms with Crippen LogP contribution in [0.3, 0.4) is 0 Å². The lowest BCUT2D eigenvalue weighted by Gasteiger charge is -2.13. The largest absolute Gasteiger partial charge is 0.378 e. The number of rotatable bonds is 6. The molecule has 7 heteroatoms. The fraction of sp³-hybridized carbons (Fsp3) is 0.158. The van der Waals surface area contributed by atoms with Crippen LogP contribution in [0.15, 0.2) is 66.1 Å². The first-order valence-electron chi connectivity index (χ1n) is 8.02. The van der Waals surface area contributed by atoms with E-state index in [1.807, 2.05) is 43.3 Å². The Morgan fingerprint density at radius 2 is 2.00 bits per heavy atom. The number of imidazole rings is 1. The van der Waals surface area contributed by atoms with Crippen LogP contribution in [0.4, 0.5) is 15.8 Å². The molecule has 0 aliphatic heterocycles. The molecular formula is C19H19FN4OS. The highest BCUT2D eigenvalue weighted by Crippen LogP contribution is 2.21. The number of hydrogen-bond acceptors (Lipinski definition) is 4. The van der Waals surface area contributed by atoms with E-state index in [2.05, 4.69) is 10.3 Å². The number of hydrogen-bond donors (Lipinski definition) is 1. The van der Waals surface area contributed by atoms with Gasteiger partial charge in [-0.05, 0) is 42.5 Å². The number of anilines is 2. The van der Waals surface area contributed by atoms with Gasteiger partial charge in [0.1, 0.15) is 5.82 Å². The Morgan fingerprint density at radius 3 is 2.69 bits per heavy atom. The van der Waals surface area contributed by atoms with Crippen molar-refractivity contribution < 1.29 is 9.18 Å². The number of nitrogens with zero attached hydrogens (tertiary/aromatic N) is 3. The number of thioether (sulfide) groups is 1. The van der Waals surface area contributed by atoms with Crippen molar-refractivity contribution in [2.24, 2.45) is 0 Å². The first-order valence-corrected chi connectivity index (χ1v) is 9.01. The van der Waals surface area contributed by atoms with Crippen LogP contribution in [0, 0.1) is 5.82 Å². The van der Waals surface area contributed by atoms with E-state index in [0.717, 1.165) is 11.4 Å². The van der Waals surface area contributed by atoms with Crippen LogP contribution in [-0.2, 0) is 4.79 Å². The van der Waals surface area contributed by atoms with E-state index in [9.17, 15) is 9.18 Å². The summed E-state index contributed by atoms with van der Waals surface area (Å²) < 4.78 is 15.2. The van der Waals surface area contributed by atoms with Gasteiger partial charge in [0, 0.05) is 37.9 Å². The molecule has 1 heterocycles. The molecule has 134 valence electrons. The molecule has 0 unspecified atom stereocenters. The molecule has 1 N–H and O–H groups in total. The van der Waals surface area contributed by atoms with Crippen molar-refractivity contribution >= 4 is 29.0 Å². The lowest BCUT2D eigenvalue weighted by Crippen LogP contribution is -2.15. The summed E-state index contributed by atoms with van der Waals surface area (Å²) in [6.07, 6.45) is 3.38. The number of amides is 1. The monoisotopic (exact) mass is 370 g/mol. The summed E-state index contributed by atoms with van der Waals surface area (Å²) >= 11 is 1.30. The second kappa shape index (κ2) is 8.05. The Bertz CT molecular complexity index is 893. The zero-order valence-corrected chi connectivity index (χ0v) is 15.3. The van der Waals surface area contributed by atoms with Crippen molar-refractivity contribution in [2.45, 2.75) is 5.16 Å². The van der Waals surface area contributed by atoms with Crippen molar-refractivity contribution in [3.63, 3.8) is 0 Å². The van der Waals surface area contributed by atoms with Crippen molar-refractivity contribution in [3.05, 3.63) is 66.7 Å². The molecule has 0 saturated carbocycles. The summed E-state index contributed by atoms with van der Waals surface area (Å²) in [5.41, 5.74) is 2.48. The molecule has 2 aromatic carbocycles. The quantitative estimate of drug-likeness (QED) is 0.671.